The predicted molar refractivity (Wildman–Crippen MR) is 54.5 cm³/mol. The average Bonchev–Trinajstić information content (AvgIpc) is 2.04. The lowest BCUT2D eigenvalue weighted by molar-refractivity contribution is 0.227. The molecular weight excluding hydrogens is 230 g/mol. The van der Waals surface area contributed by atoms with Crippen LogP contribution in [0.2, 0.25) is 0 Å². The third-order valence-electron chi connectivity index (χ3n) is 1.51. The lowest BCUT2D eigenvalue weighted by Gasteiger charge is -2.11. The molecule has 3 heteroatoms. The van der Waals surface area contributed by atoms with Crippen LogP contribution in [0.4, 0.5) is 0 Å². The Balaban J connectivity index is 2.59. The van der Waals surface area contributed by atoms with Crippen molar-refractivity contribution in [2.75, 3.05) is 0 Å². The highest BCUT2D eigenvalue weighted by atomic mass is 79.9. The first-order chi connectivity index (χ1) is 6.22. The number of rotatable bonds is 3. The summed E-state index contributed by atoms with van der Waals surface area (Å²) in [4.78, 5) is 0. The minimum atomic E-state index is -0.0562. The van der Waals surface area contributed by atoms with Crippen LogP contribution in [0, 0.1) is 11.3 Å². The molecule has 13 heavy (non-hydrogen) atoms. The summed E-state index contributed by atoms with van der Waals surface area (Å²) >= 11 is 3.35. The van der Waals surface area contributed by atoms with Crippen molar-refractivity contribution < 1.29 is 4.74 Å². The molecule has 0 aliphatic carbocycles. The molecule has 0 bridgehead atoms. The van der Waals surface area contributed by atoms with Crippen LogP contribution in [-0.4, -0.2) is 6.10 Å². The highest BCUT2D eigenvalue weighted by molar-refractivity contribution is 9.10. The van der Waals surface area contributed by atoms with E-state index in [2.05, 4.69) is 22.0 Å². The van der Waals surface area contributed by atoms with E-state index in [4.69, 9.17) is 10.00 Å². The van der Waals surface area contributed by atoms with E-state index in [0.717, 1.165) is 10.2 Å². The van der Waals surface area contributed by atoms with Gasteiger partial charge in [-0.1, -0.05) is 22.0 Å². The number of nitrogens with zero attached hydrogens (tertiary/aromatic N) is 1. The molecule has 1 rings (SSSR count). The summed E-state index contributed by atoms with van der Waals surface area (Å²) in [5.74, 6) is 0.789. The van der Waals surface area contributed by atoms with E-state index in [9.17, 15) is 0 Å². The zero-order chi connectivity index (χ0) is 9.68. The van der Waals surface area contributed by atoms with Gasteiger partial charge >= 0.3 is 0 Å². The summed E-state index contributed by atoms with van der Waals surface area (Å²) in [7, 11) is 0. The number of halogens is 1. The molecule has 1 aromatic carbocycles. The second-order valence-corrected chi connectivity index (χ2v) is 3.66. The highest BCUT2D eigenvalue weighted by Crippen LogP contribution is 2.19. The van der Waals surface area contributed by atoms with E-state index in [1.54, 1.807) is 0 Å². The molecule has 2 nitrogen and oxygen atoms in total. The Bertz CT molecular complexity index is 319. The minimum absolute atomic E-state index is 0.0562. The zero-order valence-electron chi connectivity index (χ0n) is 7.33. The van der Waals surface area contributed by atoms with Gasteiger partial charge in [-0.15, -0.1) is 0 Å². The number of benzene rings is 1. The maximum absolute atomic E-state index is 8.43. The summed E-state index contributed by atoms with van der Waals surface area (Å²) < 4.78 is 6.46. The molecule has 0 saturated heterocycles. The third-order valence-corrected chi connectivity index (χ3v) is 2.01. The first-order valence-electron chi connectivity index (χ1n) is 4.01. The Morgan fingerprint density at radius 2 is 2.38 bits per heavy atom. The molecule has 0 aliphatic heterocycles. The first-order valence-corrected chi connectivity index (χ1v) is 4.81. The molecule has 68 valence electrons. The van der Waals surface area contributed by atoms with Crippen molar-refractivity contribution in [3.05, 3.63) is 28.7 Å². The average molecular weight is 240 g/mol. The molecule has 0 aliphatic rings. The molecule has 0 fully saturated rings. The molecule has 0 radical (unpaired) electrons. The normalized spacial score (nSPS) is 11.8. The van der Waals surface area contributed by atoms with Crippen LogP contribution in [0.15, 0.2) is 28.7 Å². The Kier molecular flexibility index (Phi) is 3.78. The second-order valence-electron chi connectivity index (χ2n) is 2.75. The van der Waals surface area contributed by atoms with Crippen LogP contribution < -0.4 is 4.74 Å². The van der Waals surface area contributed by atoms with E-state index >= 15 is 0 Å². The molecule has 1 unspecified atom stereocenters. The molecule has 0 amide bonds. The fourth-order valence-electron chi connectivity index (χ4n) is 0.943. The van der Waals surface area contributed by atoms with Gasteiger partial charge < -0.3 is 4.74 Å². The summed E-state index contributed by atoms with van der Waals surface area (Å²) in [5, 5.41) is 8.43. The molecule has 1 aromatic rings. The molecule has 0 N–H and O–H groups in total. The van der Waals surface area contributed by atoms with Gasteiger partial charge in [-0.05, 0) is 25.1 Å². The lowest BCUT2D eigenvalue weighted by Crippen LogP contribution is -2.10. The van der Waals surface area contributed by atoms with E-state index in [1.807, 2.05) is 31.2 Å². The van der Waals surface area contributed by atoms with Crippen molar-refractivity contribution in [1.82, 2.24) is 0 Å². The maximum Gasteiger partial charge on any atom is 0.120 e. The SMILES string of the molecule is CC(CC#N)Oc1cccc(Br)c1. The first kappa shape index (κ1) is 10.1. The van der Waals surface area contributed by atoms with Gasteiger partial charge in [-0.25, -0.2) is 0 Å². The smallest absolute Gasteiger partial charge is 0.120 e. The summed E-state index contributed by atoms with van der Waals surface area (Å²) in [6.07, 6.45) is 0.353. The highest BCUT2D eigenvalue weighted by Gasteiger charge is 2.02. The van der Waals surface area contributed by atoms with Gasteiger partial charge in [0.2, 0.25) is 0 Å². The maximum atomic E-state index is 8.43. The van der Waals surface area contributed by atoms with Crippen molar-refractivity contribution in [2.24, 2.45) is 0 Å². The Labute approximate surface area is 86.3 Å². The minimum Gasteiger partial charge on any atom is -0.490 e. The van der Waals surface area contributed by atoms with Gasteiger partial charge in [0.1, 0.15) is 11.9 Å². The molecule has 0 heterocycles. The third kappa shape index (κ3) is 3.47. The van der Waals surface area contributed by atoms with Gasteiger partial charge in [0.15, 0.2) is 0 Å². The van der Waals surface area contributed by atoms with E-state index in [1.165, 1.54) is 0 Å². The monoisotopic (exact) mass is 239 g/mol. The Morgan fingerprint density at radius 3 is 3.00 bits per heavy atom. The van der Waals surface area contributed by atoms with Crippen LogP contribution in [0.1, 0.15) is 13.3 Å². The van der Waals surface area contributed by atoms with E-state index in [-0.39, 0.29) is 6.10 Å². The molecule has 1 atom stereocenters. The number of nitriles is 1. The summed E-state index contributed by atoms with van der Waals surface area (Å²) in [6.45, 7) is 1.88. The van der Waals surface area contributed by atoms with Gasteiger partial charge in [-0.2, -0.15) is 5.26 Å². The Morgan fingerprint density at radius 1 is 1.62 bits per heavy atom. The van der Waals surface area contributed by atoms with Crippen LogP contribution in [0.5, 0.6) is 5.75 Å². The second kappa shape index (κ2) is 4.88. The summed E-state index contributed by atoms with van der Waals surface area (Å²) in [5.41, 5.74) is 0. The molecular formula is C10H10BrNO. The number of ether oxygens (including phenoxy) is 1. The fraction of sp³-hybridized carbons (Fsp3) is 0.300. The van der Waals surface area contributed by atoms with Crippen LogP contribution in [-0.2, 0) is 0 Å². The van der Waals surface area contributed by atoms with Gasteiger partial charge in [0.25, 0.3) is 0 Å². The molecule has 0 aromatic heterocycles. The van der Waals surface area contributed by atoms with Crippen molar-refractivity contribution in [3.63, 3.8) is 0 Å². The van der Waals surface area contributed by atoms with Crippen LogP contribution in [0.25, 0.3) is 0 Å². The van der Waals surface area contributed by atoms with Gasteiger partial charge in [0.05, 0.1) is 12.5 Å². The van der Waals surface area contributed by atoms with Crippen molar-refractivity contribution in [3.8, 4) is 11.8 Å². The van der Waals surface area contributed by atoms with Crippen LogP contribution in [0.3, 0.4) is 0 Å². The largest absolute Gasteiger partial charge is 0.490 e. The van der Waals surface area contributed by atoms with Gasteiger partial charge in [0, 0.05) is 4.47 Å². The van der Waals surface area contributed by atoms with E-state index in [0.29, 0.717) is 6.42 Å². The fourth-order valence-corrected chi connectivity index (χ4v) is 1.32. The van der Waals surface area contributed by atoms with Gasteiger partial charge in [-0.3, -0.25) is 0 Å². The summed E-state index contributed by atoms with van der Waals surface area (Å²) in [6, 6.07) is 9.66. The lowest BCUT2D eigenvalue weighted by atomic mass is 10.3. The topological polar surface area (TPSA) is 33.0 Å². The van der Waals surface area contributed by atoms with Crippen molar-refractivity contribution in [2.45, 2.75) is 19.4 Å². The molecule has 0 spiro atoms. The molecule has 0 saturated carbocycles. The predicted octanol–water partition coefficient (Wildman–Crippen LogP) is 3.13. The standard InChI is InChI=1S/C10H10BrNO/c1-8(5-6-12)13-10-4-2-3-9(11)7-10/h2-4,7-8H,5H2,1H3. The van der Waals surface area contributed by atoms with Crippen molar-refractivity contribution >= 4 is 15.9 Å². The van der Waals surface area contributed by atoms with Crippen molar-refractivity contribution in [1.29, 1.82) is 5.26 Å². The quantitative estimate of drug-likeness (QED) is 0.813. The number of hydrogen-bond acceptors (Lipinski definition) is 2. The van der Waals surface area contributed by atoms with Crippen LogP contribution >= 0.6 is 15.9 Å². The zero-order valence-corrected chi connectivity index (χ0v) is 8.91. The Hall–Kier alpha value is -1.01. The number of hydrogen-bond donors (Lipinski definition) is 0. The van der Waals surface area contributed by atoms with E-state index < -0.39 is 0 Å².